The lowest BCUT2D eigenvalue weighted by Gasteiger charge is -1.88. The van der Waals surface area contributed by atoms with Crippen molar-refractivity contribution in [2.24, 2.45) is 0 Å². The van der Waals surface area contributed by atoms with Crippen LogP contribution in [0.2, 0.25) is 0 Å². The van der Waals surface area contributed by atoms with Crippen molar-refractivity contribution in [3.63, 3.8) is 0 Å². The molecular weight excluding hydrogens is 244 g/mol. The third kappa shape index (κ3) is 3.80. The monoisotopic (exact) mass is 248 g/mol. The molecule has 0 aliphatic rings. The van der Waals surface area contributed by atoms with Gasteiger partial charge in [0.25, 0.3) is 0 Å². The predicted octanol–water partition coefficient (Wildman–Crippen LogP) is 1.89. The summed E-state index contributed by atoms with van der Waals surface area (Å²) < 4.78 is 0.972. The molecule has 0 amide bonds. The second-order valence-electron chi connectivity index (χ2n) is 2.31. The fourth-order valence-electron chi connectivity index (χ4n) is 0.721. The van der Waals surface area contributed by atoms with Crippen LogP contribution in [0.15, 0.2) is 28.7 Å². The van der Waals surface area contributed by atoms with Gasteiger partial charge in [0, 0.05) is 16.0 Å². The molecule has 0 fully saturated rings. The van der Waals surface area contributed by atoms with E-state index >= 15 is 0 Å². The summed E-state index contributed by atoms with van der Waals surface area (Å²) in [5.74, 6) is 8.13. The molecule has 0 radical (unpaired) electrons. The molecule has 2 nitrogen and oxygen atoms in total. The average molecular weight is 249 g/mol. The topological polar surface area (TPSA) is 37.3 Å². The number of halogens is 1. The second-order valence-corrected chi connectivity index (χ2v) is 3.23. The van der Waals surface area contributed by atoms with E-state index in [1.54, 1.807) is 0 Å². The van der Waals surface area contributed by atoms with Crippen molar-refractivity contribution in [2.45, 2.75) is 0 Å². The zero-order valence-corrected chi connectivity index (χ0v) is 8.63. The van der Waals surface area contributed by atoms with Gasteiger partial charge in [0.2, 0.25) is 0 Å². The Hall–Kier alpha value is -1.71. The van der Waals surface area contributed by atoms with Gasteiger partial charge in [-0.3, -0.25) is 0 Å². The van der Waals surface area contributed by atoms with Crippen LogP contribution in [0.25, 0.3) is 0 Å². The summed E-state index contributed by atoms with van der Waals surface area (Å²) in [4.78, 5) is 10.0. The van der Waals surface area contributed by atoms with Gasteiger partial charge in [0.1, 0.15) is 0 Å². The molecule has 1 aromatic carbocycles. The van der Waals surface area contributed by atoms with Gasteiger partial charge in [0.15, 0.2) is 0 Å². The molecule has 0 atom stereocenters. The number of carboxylic acids is 1. The van der Waals surface area contributed by atoms with E-state index in [9.17, 15) is 4.79 Å². The quantitative estimate of drug-likeness (QED) is 0.713. The van der Waals surface area contributed by atoms with Crippen molar-refractivity contribution < 1.29 is 9.90 Å². The van der Waals surface area contributed by atoms with E-state index in [1.807, 2.05) is 30.2 Å². The number of hydrogen-bond donors (Lipinski definition) is 1. The Bertz CT molecular complexity index is 452. The fraction of sp³-hybridized carbons (Fsp3) is 0. The van der Waals surface area contributed by atoms with Gasteiger partial charge < -0.3 is 5.11 Å². The summed E-state index contributed by atoms with van der Waals surface area (Å²) in [6, 6.07) is 7.35. The molecular formula is C11H5BrO2. The van der Waals surface area contributed by atoms with E-state index in [0.717, 1.165) is 10.0 Å². The van der Waals surface area contributed by atoms with E-state index in [2.05, 4.69) is 33.7 Å². The first kappa shape index (κ1) is 10.4. The molecule has 0 bridgehead atoms. The van der Waals surface area contributed by atoms with Crippen molar-refractivity contribution in [1.29, 1.82) is 0 Å². The van der Waals surface area contributed by atoms with E-state index in [1.165, 1.54) is 0 Å². The van der Waals surface area contributed by atoms with Crippen molar-refractivity contribution in [3.05, 3.63) is 34.3 Å². The minimum absolute atomic E-state index is 0.799. The molecule has 14 heavy (non-hydrogen) atoms. The molecule has 3 heteroatoms. The highest BCUT2D eigenvalue weighted by atomic mass is 79.9. The summed E-state index contributed by atoms with van der Waals surface area (Å²) in [7, 11) is 0. The van der Waals surface area contributed by atoms with E-state index in [0.29, 0.717) is 0 Å². The Balaban J connectivity index is 2.75. The second kappa shape index (κ2) is 5.11. The molecule has 1 N–H and O–H groups in total. The zero-order valence-electron chi connectivity index (χ0n) is 7.04. The SMILES string of the molecule is O=C(O)C#CC#Cc1ccc(Br)cc1. The fourth-order valence-corrected chi connectivity index (χ4v) is 0.986. The summed E-state index contributed by atoms with van der Waals surface area (Å²) in [6.45, 7) is 0. The zero-order chi connectivity index (χ0) is 10.4. The highest BCUT2D eigenvalue weighted by molar-refractivity contribution is 9.10. The van der Waals surface area contributed by atoms with Crippen LogP contribution in [0, 0.1) is 23.7 Å². The molecule has 1 rings (SSSR count). The van der Waals surface area contributed by atoms with Crippen molar-refractivity contribution in [3.8, 4) is 23.7 Å². The van der Waals surface area contributed by atoms with Gasteiger partial charge in [-0.05, 0) is 36.1 Å². The maximum atomic E-state index is 10.0. The summed E-state index contributed by atoms with van der Waals surface area (Å²) in [6.07, 6.45) is 0. The van der Waals surface area contributed by atoms with Crippen molar-refractivity contribution in [1.82, 2.24) is 0 Å². The van der Waals surface area contributed by atoms with Gasteiger partial charge >= 0.3 is 5.97 Å². The van der Waals surface area contributed by atoms with Crippen LogP contribution in [0.5, 0.6) is 0 Å². The molecule has 0 unspecified atom stereocenters. The molecule has 68 valence electrons. The number of hydrogen-bond acceptors (Lipinski definition) is 1. The lowest BCUT2D eigenvalue weighted by atomic mass is 10.2. The van der Waals surface area contributed by atoms with Crippen LogP contribution in [0.3, 0.4) is 0 Å². The average Bonchev–Trinajstić information content (AvgIpc) is 2.15. The number of carboxylic acid groups (broad SMARTS) is 1. The van der Waals surface area contributed by atoms with E-state index in [4.69, 9.17) is 5.11 Å². The Morgan fingerprint density at radius 2 is 1.86 bits per heavy atom. The Kier molecular flexibility index (Phi) is 3.79. The summed E-state index contributed by atoms with van der Waals surface area (Å²) in [5, 5.41) is 8.20. The van der Waals surface area contributed by atoms with Crippen LogP contribution in [-0.4, -0.2) is 11.1 Å². The Labute approximate surface area is 90.1 Å². The van der Waals surface area contributed by atoms with Crippen molar-refractivity contribution in [2.75, 3.05) is 0 Å². The molecule has 0 saturated carbocycles. The predicted molar refractivity (Wildman–Crippen MR) is 56.4 cm³/mol. The molecule has 1 aromatic rings. The number of carbonyl (C=O) groups is 1. The number of benzene rings is 1. The maximum Gasteiger partial charge on any atom is 0.382 e. The van der Waals surface area contributed by atoms with Gasteiger partial charge in [-0.2, -0.15) is 0 Å². The first-order valence-corrected chi connectivity index (χ1v) is 4.48. The lowest BCUT2D eigenvalue weighted by Crippen LogP contribution is -1.85. The smallest absolute Gasteiger partial charge is 0.382 e. The summed E-state index contributed by atoms with van der Waals surface area (Å²) >= 11 is 3.29. The first-order valence-electron chi connectivity index (χ1n) is 3.69. The van der Waals surface area contributed by atoms with E-state index in [-0.39, 0.29) is 0 Å². The molecule has 0 heterocycles. The molecule has 0 saturated heterocycles. The third-order valence-electron chi connectivity index (χ3n) is 1.28. The van der Waals surface area contributed by atoms with Crippen LogP contribution >= 0.6 is 15.9 Å². The Morgan fingerprint density at radius 1 is 1.21 bits per heavy atom. The van der Waals surface area contributed by atoms with E-state index < -0.39 is 5.97 Å². The number of rotatable bonds is 0. The van der Waals surface area contributed by atoms with Gasteiger partial charge in [-0.25, -0.2) is 4.79 Å². The van der Waals surface area contributed by atoms with Crippen LogP contribution < -0.4 is 0 Å². The molecule has 0 aliphatic carbocycles. The summed E-state index contributed by atoms with van der Waals surface area (Å²) in [5.41, 5.74) is 0.799. The molecule has 0 aromatic heterocycles. The van der Waals surface area contributed by atoms with Crippen LogP contribution in [0.1, 0.15) is 5.56 Å². The highest BCUT2D eigenvalue weighted by Gasteiger charge is 1.85. The maximum absolute atomic E-state index is 10.0. The standard InChI is InChI=1S/C11H5BrO2/c12-10-7-5-9(6-8-10)3-1-2-4-11(13)14/h5-8H,(H,13,14). The third-order valence-corrected chi connectivity index (χ3v) is 1.81. The Morgan fingerprint density at radius 3 is 2.43 bits per heavy atom. The lowest BCUT2D eigenvalue weighted by molar-refractivity contribution is -0.130. The van der Waals surface area contributed by atoms with Gasteiger partial charge in [-0.1, -0.05) is 21.9 Å². The highest BCUT2D eigenvalue weighted by Crippen LogP contribution is 2.09. The first-order chi connectivity index (χ1) is 6.68. The minimum Gasteiger partial charge on any atom is -0.472 e. The normalized spacial score (nSPS) is 7.79. The largest absolute Gasteiger partial charge is 0.472 e. The van der Waals surface area contributed by atoms with Crippen molar-refractivity contribution >= 4 is 21.9 Å². The molecule has 0 spiro atoms. The van der Waals surface area contributed by atoms with Gasteiger partial charge in [0.05, 0.1) is 0 Å². The van der Waals surface area contributed by atoms with Crippen LogP contribution in [-0.2, 0) is 4.79 Å². The minimum atomic E-state index is -1.17. The van der Waals surface area contributed by atoms with Crippen LogP contribution in [0.4, 0.5) is 0 Å². The van der Waals surface area contributed by atoms with Gasteiger partial charge in [-0.15, -0.1) is 0 Å². The number of aliphatic carboxylic acids is 1. The molecule has 0 aliphatic heterocycles.